The van der Waals surface area contributed by atoms with E-state index in [9.17, 15) is 14.0 Å². The molecule has 2 aliphatic rings. The van der Waals surface area contributed by atoms with Crippen molar-refractivity contribution in [1.82, 2.24) is 5.32 Å². The maximum atomic E-state index is 14.5. The second-order valence-corrected chi connectivity index (χ2v) is 9.56. The third kappa shape index (κ3) is 3.51. The van der Waals surface area contributed by atoms with E-state index in [1.807, 2.05) is 25.1 Å². The van der Waals surface area contributed by atoms with Crippen LogP contribution in [0.15, 0.2) is 60.7 Å². The van der Waals surface area contributed by atoms with Gasteiger partial charge in [-0.05, 0) is 65.6 Å². The van der Waals surface area contributed by atoms with Crippen molar-refractivity contribution >= 4 is 40.7 Å². The summed E-state index contributed by atoms with van der Waals surface area (Å²) in [6.07, 6.45) is 0.0840. The van der Waals surface area contributed by atoms with Crippen LogP contribution in [0.3, 0.4) is 0 Å². The zero-order valence-corrected chi connectivity index (χ0v) is 19.3. The van der Waals surface area contributed by atoms with Crippen LogP contribution in [-0.2, 0) is 15.0 Å². The van der Waals surface area contributed by atoms with Crippen molar-refractivity contribution in [3.8, 4) is 0 Å². The Bertz CT molecular complexity index is 1300. The van der Waals surface area contributed by atoms with Crippen molar-refractivity contribution < 1.29 is 14.0 Å². The summed E-state index contributed by atoms with van der Waals surface area (Å²) in [5, 5.41) is 6.97. The van der Waals surface area contributed by atoms with Crippen molar-refractivity contribution in [2.75, 3.05) is 11.9 Å². The second kappa shape index (κ2) is 8.15. The lowest BCUT2D eigenvalue weighted by Crippen LogP contribution is -2.47. The third-order valence-corrected chi connectivity index (χ3v) is 7.38. The number of amides is 2. The number of carbonyl (C=O) groups excluding carboxylic acids is 2. The van der Waals surface area contributed by atoms with Crippen LogP contribution in [0.25, 0.3) is 0 Å². The van der Waals surface area contributed by atoms with Crippen molar-refractivity contribution in [3.63, 3.8) is 0 Å². The van der Waals surface area contributed by atoms with Crippen molar-refractivity contribution in [2.45, 2.75) is 30.6 Å². The van der Waals surface area contributed by atoms with Gasteiger partial charge in [0, 0.05) is 40.5 Å². The molecule has 1 saturated heterocycles. The topological polar surface area (TPSA) is 58.2 Å². The summed E-state index contributed by atoms with van der Waals surface area (Å²) in [5.74, 6) is -1.86. The van der Waals surface area contributed by atoms with Gasteiger partial charge < -0.3 is 10.6 Å². The monoisotopic (exact) mass is 482 g/mol. The molecule has 2 N–H and O–H groups in total. The molecule has 3 aromatic rings. The van der Waals surface area contributed by atoms with E-state index < -0.39 is 23.1 Å². The molecule has 2 heterocycles. The molecule has 0 saturated carbocycles. The predicted molar refractivity (Wildman–Crippen MR) is 127 cm³/mol. The Kier molecular flexibility index (Phi) is 5.42. The van der Waals surface area contributed by atoms with Gasteiger partial charge in [-0.25, -0.2) is 4.39 Å². The van der Waals surface area contributed by atoms with E-state index >= 15 is 0 Å². The number of halogens is 3. The highest BCUT2D eigenvalue weighted by atomic mass is 35.5. The normalized spacial score (nSPS) is 24.2. The molecule has 2 amide bonds. The number of nitrogens with one attached hydrogen (secondary N) is 2. The molecule has 168 valence electrons. The Morgan fingerprint density at radius 3 is 2.55 bits per heavy atom. The summed E-state index contributed by atoms with van der Waals surface area (Å²) in [6.45, 7) is 2.08. The van der Waals surface area contributed by atoms with Crippen molar-refractivity contribution in [1.29, 1.82) is 0 Å². The van der Waals surface area contributed by atoms with Crippen LogP contribution >= 0.6 is 23.2 Å². The standard InChI is InChI=1S/C26H21Cl2FN2O2/c1-14-5-7-18(29)11-19(14)22-13-30-24(32)12-21(15-3-2-4-16(27)9-15)26(22)20-8-6-17(28)10-23(20)31-25(26)33/h2-11,21-22H,12-13H2,1H3,(H,30,32)(H,31,33)/t21-,22?,26?/m0/s1. The summed E-state index contributed by atoms with van der Waals surface area (Å²) >= 11 is 12.6. The summed E-state index contributed by atoms with van der Waals surface area (Å²) in [7, 11) is 0. The second-order valence-electron chi connectivity index (χ2n) is 8.68. The average molecular weight is 483 g/mol. The van der Waals surface area contributed by atoms with Crippen LogP contribution < -0.4 is 10.6 Å². The smallest absolute Gasteiger partial charge is 0.236 e. The number of hydrogen-bond acceptors (Lipinski definition) is 2. The highest BCUT2D eigenvalue weighted by Gasteiger charge is 2.59. The van der Waals surface area contributed by atoms with Gasteiger partial charge in [-0.2, -0.15) is 0 Å². The Labute approximate surface area is 201 Å². The summed E-state index contributed by atoms with van der Waals surface area (Å²) in [4.78, 5) is 26.9. The average Bonchev–Trinajstić information content (AvgIpc) is 2.95. The van der Waals surface area contributed by atoms with Crippen molar-refractivity contribution in [3.05, 3.63) is 98.8 Å². The Morgan fingerprint density at radius 1 is 0.970 bits per heavy atom. The summed E-state index contributed by atoms with van der Waals surface area (Å²) in [5.41, 5.74) is 2.47. The van der Waals surface area contributed by atoms with Crippen LogP contribution in [0.2, 0.25) is 10.0 Å². The van der Waals surface area contributed by atoms with E-state index in [0.29, 0.717) is 21.3 Å². The molecule has 3 atom stereocenters. The number of carbonyl (C=O) groups is 2. The molecule has 7 heteroatoms. The first-order chi connectivity index (χ1) is 15.8. The van der Waals surface area contributed by atoms with Gasteiger partial charge in [-0.1, -0.05) is 47.5 Å². The minimum absolute atomic E-state index is 0.0840. The Balaban J connectivity index is 1.85. The molecule has 0 aliphatic carbocycles. The SMILES string of the molecule is Cc1ccc(F)cc1C1CNC(=O)C[C@@H](c2cccc(Cl)c2)C12C(=O)Nc1cc(Cl)ccc12. The predicted octanol–water partition coefficient (Wildman–Crippen LogP) is 5.72. The summed E-state index contributed by atoms with van der Waals surface area (Å²) < 4.78 is 14.5. The summed E-state index contributed by atoms with van der Waals surface area (Å²) in [6, 6.07) is 17.1. The van der Waals surface area contributed by atoms with E-state index in [2.05, 4.69) is 10.6 Å². The third-order valence-electron chi connectivity index (χ3n) is 6.91. The number of anilines is 1. The molecular weight excluding hydrogens is 462 g/mol. The van der Waals surface area contributed by atoms with E-state index in [-0.39, 0.29) is 24.8 Å². The fourth-order valence-electron chi connectivity index (χ4n) is 5.50. The molecule has 1 fully saturated rings. The van der Waals surface area contributed by atoms with Gasteiger partial charge in [0.1, 0.15) is 5.82 Å². The van der Waals surface area contributed by atoms with E-state index in [1.165, 1.54) is 12.1 Å². The first kappa shape index (κ1) is 21.9. The maximum absolute atomic E-state index is 14.5. The van der Waals surface area contributed by atoms with E-state index in [4.69, 9.17) is 23.2 Å². The highest BCUT2D eigenvalue weighted by molar-refractivity contribution is 6.31. The zero-order valence-electron chi connectivity index (χ0n) is 17.8. The molecule has 0 aromatic heterocycles. The molecule has 0 bridgehead atoms. The molecular formula is C26H21Cl2FN2O2. The van der Waals surface area contributed by atoms with Crippen LogP contribution in [0.1, 0.15) is 40.5 Å². The highest BCUT2D eigenvalue weighted by Crippen LogP contribution is 2.57. The Hall–Kier alpha value is -2.89. The fraction of sp³-hybridized carbons (Fsp3) is 0.231. The lowest BCUT2D eigenvalue weighted by Gasteiger charge is -2.41. The minimum atomic E-state index is -1.18. The largest absolute Gasteiger partial charge is 0.355 e. The van der Waals surface area contributed by atoms with Gasteiger partial charge in [0.2, 0.25) is 11.8 Å². The molecule has 5 rings (SSSR count). The van der Waals surface area contributed by atoms with E-state index in [1.54, 1.807) is 30.3 Å². The van der Waals surface area contributed by atoms with Crippen molar-refractivity contribution in [2.24, 2.45) is 0 Å². The number of fused-ring (bicyclic) bond motifs is 2. The first-order valence-corrected chi connectivity index (χ1v) is 11.5. The number of aryl methyl sites for hydroxylation is 1. The quantitative estimate of drug-likeness (QED) is 0.490. The number of rotatable bonds is 2. The zero-order chi connectivity index (χ0) is 23.3. The van der Waals surface area contributed by atoms with Crippen LogP contribution in [0, 0.1) is 12.7 Å². The minimum Gasteiger partial charge on any atom is -0.355 e. The number of hydrogen-bond donors (Lipinski definition) is 2. The van der Waals surface area contributed by atoms with E-state index in [0.717, 1.165) is 16.7 Å². The van der Waals surface area contributed by atoms with Crippen LogP contribution in [0.5, 0.6) is 0 Å². The van der Waals surface area contributed by atoms with Gasteiger partial charge in [0.05, 0.1) is 5.41 Å². The fourth-order valence-corrected chi connectivity index (χ4v) is 5.88. The van der Waals surface area contributed by atoms with Gasteiger partial charge in [-0.3, -0.25) is 9.59 Å². The van der Waals surface area contributed by atoms with Crippen LogP contribution in [-0.4, -0.2) is 18.4 Å². The first-order valence-electron chi connectivity index (χ1n) is 10.7. The Morgan fingerprint density at radius 2 is 1.76 bits per heavy atom. The van der Waals surface area contributed by atoms with Gasteiger partial charge >= 0.3 is 0 Å². The molecule has 1 spiro atoms. The lowest BCUT2D eigenvalue weighted by molar-refractivity contribution is -0.123. The molecule has 2 aliphatic heterocycles. The van der Waals surface area contributed by atoms with Gasteiger partial charge in [-0.15, -0.1) is 0 Å². The number of benzene rings is 3. The maximum Gasteiger partial charge on any atom is 0.236 e. The molecule has 0 radical (unpaired) electrons. The molecule has 2 unspecified atom stereocenters. The van der Waals surface area contributed by atoms with Crippen LogP contribution in [0.4, 0.5) is 10.1 Å². The molecule has 4 nitrogen and oxygen atoms in total. The lowest BCUT2D eigenvalue weighted by atomic mass is 9.58. The van der Waals surface area contributed by atoms with Gasteiger partial charge in [0.25, 0.3) is 0 Å². The van der Waals surface area contributed by atoms with Gasteiger partial charge in [0.15, 0.2) is 0 Å². The molecule has 33 heavy (non-hydrogen) atoms. The molecule has 3 aromatic carbocycles.